The lowest BCUT2D eigenvalue weighted by atomic mass is 9.92. The van der Waals surface area contributed by atoms with Crippen molar-refractivity contribution in [1.82, 2.24) is 0 Å². The van der Waals surface area contributed by atoms with Crippen LogP contribution in [0, 0.1) is 0 Å². The van der Waals surface area contributed by atoms with Gasteiger partial charge in [-0.1, -0.05) is 67.9 Å². The number of benzene rings is 2. The second kappa shape index (κ2) is 6.12. The first-order valence-electron chi connectivity index (χ1n) is 6.74. The van der Waals surface area contributed by atoms with Crippen LogP contribution >= 0.6 is 0 Å². The van der Waals surface area contributed by atoms with E-state index in [1.165, 1.54) is 0 Å². The van der Waals surface area contributed by atoms with Gasteiger partial charge in [-0.2, -0.15) is 13.2 Å². The fourth-order valence-corrected chi connectivity index (χ4v) is 2.35. The monoisotopic (exact) mass is 278 g/mol. The molecular weight excluding hydrogens is 261 g/mol. The van der Waals surface area contributed by atoms with Gasteiger partial charge < -0.3 is 0 Å². The number of hydrogen-bond donors (Lipinski definition) is 0. The van der Waals surface area contributed by atoms with E-state index in [9.17, 15) is 13.2 Å². The van der Waals surface area contributed by atoms with E-state index in [0.717, 1.165) is 11.1 Å². The van der Waals surface area contributed by atoms with Crippen LogP contribution < -0.4 is 0 Å². The van der Waals surface area contributed by atoms with Gasteiger partial charge in [0.05, 0.1) is 5.92 Å². The average Bonchev–Trinajstić information content (AvgIpc) is 2.45. The van der Waals surface area contributed by atoms with E-state index in [4.69, 9.17) is 0 Å². The summed E-state index contributed by atoms with van der Waals surface area (Å²) in [6.45, 7) is 1.77. The second-order valence-electron chi connectivity index (χ2n) is 4.87. The van der Waals surface area contributed by atoms with Crippen molar-refractivity contribution in [3.05, 3.63) is 60.2 Å². The maximum atomic E-state index is 13.0. The first-order chi connectivity index (χ1) is 9.52. The Hall–Kier alpha value is -1.77. The highest BCUT2D eigenvalue weighted by atomic mass is 19.4. The Bertz CT molecular complexity index is 526. The van der Waals surface area contributed by atoms with E-state index in [2.05, 4.69) is 0 Å². The molecular formula is C17H17F3. The van der Waals surface area contributed by atoms with Gasteiger partial charge in [-0.15, -0.1) is 0 Å². The van der Waals surface area contributed by atoms with Crippen molar-refractivity contribution in [2.75, 3.05) is 0 Å². The van der Waals surface area contributed by atoms with Gasteiger partial charge in [0.25, 0.3) is 0 Å². The third kappa shape index (κ3) is 3.41. The summed E-state index contributed by atoms with van der Waals surface area (Å²) in [5, 5.41) is 0. The Morgan fingerprint density at radius 2 is 1.40 bits per heavy atom. The van der Waals surface area contributed by atoms with E-state index in [-0.39, 0.29) is 6.42 Å². The van der Waals surface area contributed by atoms with Crippen LogP contribution in [0.2, 0.25) is 0 Å². The predicted octanol–water partition coefficient (Wildman–Crippen LogP) is 5.80. The van der Waals surface area contributed by atoms with Crippen molar-refractivity contribution in [2.24, 2.45) is 0 Å². The zero-order valence-electron chi connectivity index (χ0n) is 11.3. The molecule has 0 nitrogen and oxygen atoms in total. The van der Waals surface area contributed by atoms with Crippen LogP contribution in [-0.4, -0.2) is 6.18 Å². The molecule has 106 valence electrons. The molecule has 0 aliphatic carbocycles. The van der Waals surface area contributed by atoms with E-state index >= 15 is 0 Å². The van der Waals surface area contributed by atoms with Crippen LogP contribution in [0.4, 0.5) is 13.2 Å². The quantitative estimate of drug-likeness (QED) is 0.663. The van der Waals surface area contributed by atoms with Crippen molar-refractivity contribution >= 4 is 0 Å². The van der Waals surface area contributed by atoms with Crippen LogP contribution in [0.5, 0.6) is 0 Å². The summed E-state index contributed by atoms with van der Waals surface area (Å²) in [6, 6.07) is 16.4. The van der Waals surface area contributed by atoms with Gasteiger partial charge >= 0.3 is 6.18 Å². The van der Waals surface area contributed by atoms with Crippen molar-refractivity contribution in [3.8, 4) is 11.1 Å². The molecule has 2 rings (SSSR count). The molecule has 3 heteroatoms. The van der Waals surface area contributed by atoms with Crippen molar-refractivity contribution in [1.29, 1.82) is 0 Å². The van der Waals surface area contributed by atoms with Gasteiger partial charge in [-0.3, -0.25) is 0 Å². The normalized spacial score (nSPS) is 13.2. The molecule has 0 fully saturated rings. The van der Waals surface area contributed by atoms with Gasteiger partial charge in [-0.05, 0) is 23.1 Å². The molecule has 0 aliphatic rings. The lowest BCUT2D eigenvalue weighted by molar-refractivity contribution is -0.152. The molecule has 2 aromatic carbocycles. The Morgan fingerprint density at radius 1 is 0.850 bits per heavy atom. The number of alkyl halides is 3. The zero-order valence-corrected chi connectivity index (χ0v) is 11.3. The van der Waals surface area contributed by atoms with Crippen LogP contribution in [-0.2, 0) is 0 Å². The smallest absolute Gasteiger partial charge is 0.170 e. The number of rotatable bonds is 4. The summed E-state index contributed by atoms with van der Waals surface area (Å²) in [4.78, 5) is 0. The molecule has 0 saturated carbocycles. The minimum atomic E-state index is -4.18. The Kier molecular flexibility index (Phi) is 4.48. The highest BCUT2D eigenvalue weighted by molar-refractivity contribution is 5.63. The van der Waals surface area contributed by atoms with Crippen LogP contribution in [0.1, 0.15) is 31.2 Å². The summed E-state index contributed by atoms with van der Waals surface area (Å²) < 4.78 is 39.0. The lowest BCUT2D eigenvalue weighted by Gasteiger charge is -2.20. The first-order valence-corrected chi connectivity index (χ1v) is 6.74. The molecule has 20 heavy (non-hydrogen) atoms. The zero-order chi connectivity index (χ0) is 14.6. The van der Waals surface area contributed by atoms with Crippen molar-refractivity contribution < 1.29 is 13.2 Å². The maximum absolute atomic E-state index is 13.0. The fourth-order valence-electron chi connectivity index (χ4n) is 2.35. The Balaban J connectivity index is 2.27. The standard InChI is InChI=1S/C17H17F3/c1-2-6-16(17(18,19)20)15-11-9-14(10-12-15)13-7-4-3-5-8-13/h3-5,7-12,16H,2,6H2,1H3/t16-/m1/s1. The molecule has 0 N–H and O–H groups in total. The summed E-state index contributed by atoms with van der Waals surface area (Å²) in [5.41, 5.74) is 2.30. The Labute approximate surface area is 117 Å². The summed E-state index contributed by atoms with van der Waals surface area (Å²) >= 11 is 0. The minimum absolute atomic E-state index is 0.133. The van der Waals surface area contributed by atoms with E-state index in [0.29, 0.717) is 12.0 Å². The van der Waals surface area contributed by atoms with Gasteiger partial charge in [0.2, 0.25) is 0 Å². The van der Waals surface area contributed by atoms with Crippen LogP contribution in [0.3, 0.4) is 0 Å². The molecule has 0 radical (unpaired) electrons. The molecule has 0 heterocycles. The predicted molar refractivity (Wildman–Crippen MR) is 75.6 cm³/mol. The van der Waals surface area contributed by atoms with Gasteiger partial charge in [0, 0.05) is 0 Å². The van der Waals surface area contributed by atoms with E-state index in [1.807, 2.05) is 30.3 Å². The summed E-state index contributed by atoms with van der Waals surface area (Å²) in [7, 11) is 0. The lowest BCUT2D eigenvalue weighted by Crippen LogP contribution is -2.20. The van der Waals surface area contributed by atoms with E-state index < -0.39 is 12.1 Å². The molecule has 0 bridgehead atoms. The largest absolute Gasteiger partial charge is 0.395 e. The second-order valence-corrected chi connectivity index (χ2v) is 4.87. The maximum Gasteiger partial charge on any atom is 0.395 e. The molecule has 0 aliphatic heterocycles. The van der Waals surface area contributed by atoms with E-state index in [1.54, 1.807) is 31.2 Å². The summed E-state index contributed by atoms with van der Waals surface area (Å²) in [5.74, 6) is -1.36. The van der Waals surface area contributed by atoms with Crippen molar-refractivity contribution in [2.45, 2.75) is 31.9 Å². The van der Waals surface area contributed by atoms with Crippen molar-refractivity contribution in [3.63, 3.8) is 0 Å². The van der Waals surface area contributed by atoms with Gasteiger partial charge in [0.1, 0.15) is 0 Å². The topological polar surface area (TPSA) is 0 Å². The fraction of sp³-hybridized carbons (Fsp3) is 0.294. The highest BCUT2D eigenvalue weighted by Crippen LogP contribution is 2.38. The van der Waals surface area contributed by atoms with Gasteiger partial charge in [-0.25, -0.2) is 0 Å². The molecule has 1 atom stereocenters. The number of hydrogen-bond acceptors (Lipinski definition) is 0. The SMILES string of the molecule is CCC[C@H](c1ccc(-c2ccccc2)cc1)C(F)(F)F. The first kappa shape index (κ1) is 14.6. The third-order valence-corrected chi connectivity index (χ3v) is 3.39. The average molecular weight is 278 g/mol. The summed E-state index contributed by atoms with van der Waals surface area (Å²) in [6.07, 6.45) is -3.52. The molecule has 2 aromatic rings. The minimum Gasteiger partial charge on any atom is -0.170 e. The highest BCUT2D eigenvalue weighted by Gasteiger charge is 2.39. The molecule has 0 amide bonds. The van der Waals surface area contributed by atoms with Crippen LogP contribution in [0.25, 0.3) is 11.1 Å². The molecule has 0 saturated heterocycles. The van der Waals surface area contributed by atoms with Gasteiger partial charge in [0.15, 0.2) is 0 Å². The Morgan fingerprint density at radius 3 is 1.90 bits per heavy atom. The third-order valence-electron chi connectivity index (χ3n) is 3.39. The molecule has 0 unspecified atom stereocenters. The van der Waals surface area contributed by atoms with Crippen LogP contribution in [0.15, 0.2) is 54.6 Å². The molecule has 0 spiro atoms. The molecule has 0 aromatic heterocycles. The number of halogens is 3.